The van der Waals surface area contributed by atoms with E-state index in [1.807, 2.05) is 13.8 Å². The van der Waals surface area contributed by atoms with Crippen molar-refractivity contribution in [3.8, 4) is 0 Å². The Hall–Kier alpha value is -1.10. The van der Waals surface area contributed by atoms with Crippen LogP contribution in [-0.4, -0.2) is 35.7 Å². The topological polar surface area (TPSA) is 55.8 Å². The van der Waals surface area contributed by atoms with Crippen molar-refractivity contribution in [2.75, 3.05) is 13.2 Å². The smallest absolute Gasteiger partial charge is 0.338 e. The van der Waals surface area contributed by atoms with Crippen molar-refractivity contribution in [3.05, 3.63) is 0 Å². The van der Waals surface area contributed by atoms with Crippen molar-refractivity contribution in [1.29, 1.82) is 0 Å². The van der Waals surface area contributed by atoms with Crippen LogP contribution in [0.3, 0.4) is 0 Å². The normalized spacial score (nSPS) is 20.2. The Bertz CT molecular complexity index is 412. The largest absolute Gasteiger partial charge is 0.375 e. The zero-order chi connectivity index (χ0) is 17.5. The third-order valence-electron chi connectivity index (χ3n) is 5.13. The van der Waals surface area contributed by atoms with Gasteiger partial charge in [0.1, 0.15) is 0 Å². The third kappa shape index (κ3) is 5.48. The fourth-order valence-corrected chi connectivity index (χ4v) is 2.76. The summed E-state index contributed by atoms with van der Waals surface area (Å²) in [5.41, 5.74) is -0.748. The van der Waals surface area contributed by atoms with Crippen molar-refractivity contribution in [3.63, 3.8) is 0 Å². The Balaban J connectivity index is 2.55. The van der Waals surface area contributed by atoms with E-state index in [9.17, 15) is 9.59 Å². The van der Waals surface area contributed by atoms with Crippen LogP contribution < -0.4 is 0 Å². The summed E-state index contributed by atoms with van der Waals surface area (Å²) in [4.78, 5) is 29.4. The summed E-state index contributed by atoms with van der Waals surface area (Å²) in [6, 6.07) is 0. The number of hydrogen-bond acceptors (Lipinski definition) is 4. The second-order valence-corrected chi connectivity index (χ2v) is 7.04. The van der Waals surface area contributed by atoms with Gasteiger partial charge in [0.25, 0.3) is 5.91 Å². The van der Waals surface area contributed by atoms with Gasteiger partial charge in [0.05, 0.1) is 17.6 Å². The molecule has 0 aromatic heterocycles. The summed E-state index contributed by atoms with van der Waals surface area (Å²) >= 11 is 0. The molecule has 0 aromatic carbocycles. The lowest BCUT2D eigenvalue weighted by Crippen LogP contribution is -2.38. The summed E-state index contributed by atoms with van der Waals surface area (Å²) in [7, 11) is 0. The molecule has 1 aliphatic heterocycles. The Morgan fingerprint density at radius 3 is 2.35 bits per heavy atom. The molecule has 134 valence electrons. The summed E-state index contributed by atoms with van der Waals surface area (Å²) in [6.45, 7) is 11.3. The first-order valence-corrected chi connectivity index (χ1v) is 8.97. The zero-order valence-corrected chi connectivity index (χ0v) is 15.4. The highest BCUT2D eigenvalue weighted by Crippen LogP contribution is 2.31. The van der Waals surface area contributed by atoms with E-state index < -0.39 is 5.41 Å². The molecular formula is C18H33NO4. The number of hydrogen-bond donors (Lipinski definition) is 0. The molecule has 23 heavy (non-hydrogen) atoms. The van der Waals surface area contributed by atoms with Gasteiger partial charge in [-0.25, -0.2) is 4.79 Å². The van der Waals surface area contributed by atoms with Gasteiger partial charge in [0, 0.05) is 13.0 Å². The number of ether oxygens (including phenoxy) is 1. The molecule has 1 saturated heterocycles. The molecule has 0 saturated carbocycles. The van der Waals surface area contributed by atoms with Crippen LogP contribution in [-0.2, 0) is 19.2 Å². The lowest BCUT2D eigenvalue weighted by molar-refractivity contribution is -0.203. The van der Waals surface area contributed by atoms with Crippen LogP contribution in [0.2, 0.25) is 0 Å². The molecule has 1 heterocycles. The first-order valence-electron chi connectivity index (χ1n) is 8.97. The lowest BCUT2D eigenvalue weighted by atomic mass is 9.84. The van der Waals surface area contributed by atoms with Gasteiger partial charge in [-0.1, -0.05) is 27.2 Å². The molecule has 1 fully saturated rings. The Morgan fingerprint density at radius 1 is 1.17 bits per heavy atom. The van der Waals surface area contributed by atoms with Gasteiger partial charge in [0.2, 0.25) is 0 Å². The maximum Gasteiger partial charge on any atom is 0.338 e. The highest BCUT2D eigenvalue weighted by molar-refractivity contribution is 5.81. The van der Waals surface area contributed by atoms with E-state index in [1.54, 1.807) is 0 Å². The Morgan fingerprint density at radius 2 is 1.87 bits per heavy atom. The Labute approximate surface area is 140 Å². The van der Waals surface area contributed by atoms with E-state index >= 15 is 0 Å². The number of hydroxylamine groups is 2. The second-order valence-electron chi connectivity index (χ2n) is 7.04. The summed E-state index contributed by atoms with van der Waals surface area (Å²) in [6.07, 6.45) is 5.52. The number of amides is 1. The Kier molecular flexibility index (Phi) is 7.52. The molecule has 0 bridgehead atoms. The molecule has 0 radical (unpaired) electrons. The predicted molar refractivity (Wildman–Crippen MR) is 89.6 cm³/mol. The summed E-state index contributed by atoms with van der Waals surface area (Å²) < 4.78 is 6.07. The maximum absolute atomic E-state index is 12.5. The van der Waals surface area contributed by atoms with Gasteiger partial charge in [-0.3, -0.25) is 4.79 Å². The monoisotopic (exact) mass is 327 g/mol. The van der Waals surface area contributed by atoms with E-state index in [2.05, 4.69) is 20.8 Å². The minimum absolute atomic E-state index is 0.102. The van der Waals surface area contributed by atoms with Crippen LogP contribution in [0.1, 0.15) is 79.6 Å². The van der Waals surface area contributed by atoms with Gasteiger partial charge >= 0.3 is 5.97 Å². The molecule has 2 atom stereocenters. The van der Waals surface area contributed by atoms with E-state index in [1.165, 1.54) is 5.06 Å². The van der Waals surface area contributed by atoms with E-state index in [4.69, 9.17) is 9.57 Å². The third-order valence-corrected chi connectivity index (χ3v) is 5.13. The van der Waals surface area contributed by atoms with Crippen LogP contribution >= 0.6 is 0 Å². The van der Waals surface area contributed by atoms with Crippen LogP contribution in [0, 0.1) is 5.41 Å². The lowest BCUT2D eigenvalue weighted by Gasteiger charge is -2.32. The maximum atomic E-state index is 12.5. The molecule has 0 spiro atoms. The molecule has 0 aliphatic carbocycles. The predicted octanol–water partition coefficient (Wildman–Crippen LogP) is 3.86. The van der Waals surface area contributed by atoms with Gasteiger partial charge < -0.3 is 9.57 Å². The molecule has 0 aromatic rings. The molecule has 1 amide bonds. The van der Waals surface area contributed by atoms with Crippen molar-refractivity contribution in [1.82, 2.24) is 5.06 Å². The first kappa shape index (κ1) is 19.9. The SMILES string of the molecule is CCCC(C)(CC)OCCC(C)(CC)C(=O)ON1CCCC1=O. The fourth-order valence-electron chi connectivity index (χ4n) is 2.76. The molecule has 1 aliphatic rings. The van der Waals surface area contributed by atoms with E-state index in [0.717, 1.165) is 25.7 Å². The van der Waals surface area contributed by atoms with Crippen molar-refractivity contribution >= 4 is 11.9 Å². The van der Waals surface area contributed by atoms with Crippen LogP contribution in [0.4, 0.5) is 0 Å². The number of carbonyl (C=O) groups excluding carboxylic acids is 2. The molecule has 2 unspecified atom stereocenters. The van der Waals surface area contributed by atoms with Gasteiger partial charge in [0.15, 0.2) is 0 Å². The van der Waals surface area contributed by atoms with Crippen LogP contribution in [0.25, 0.3) is 0 Å². The average molecular weight is 327 g/mol. The number of rotatable bonds is 10. The molecule has 5 nitrogen and oxygen atoms in total. The summed E-state index contributed by atoms with van der Waals surface area (Å²) in [5.74, 6) is -0.429. The highest BCUT2D eigenvalue weighted by atomic mass is 16.7. The van der Waals surface area contributed by atoms with Crippen LogP contribution in [0.5, 0.6) is 0 Å². The number of carbonyl (C=O) groups is 2. The number of nitrogens with zero attached hydrogens (tertiary/aromatic N) is 1. The first-order chi connectivity index (χ1) is 10.8. The second kappa shape index (κ2) is 8.67. The van der Waals surface area contributed by atoms with Crippen molar-refractivity contribution in [2.24, 2.45) is 5.41 Å². The molecule has 5 heteroatoms. The fraction of sp³-hybridized carbons (Fsp3) is 0.889. The summed E-state index contributed by atoms with van der Waals surface area (Å²) in [5, 5.41) is 1.21. The standard InChI is InChI=1S/C18H33NO4/c1-6-11-18(5,8-3)22-14-12-17(4,7-2)16(21)23-19-13-9-10-15(19)20/h6-14H2,1-5H3. The van der Waals surface area contributed by atoms with Gasteiger partial charge in [-0.2, -0.15) is 5.06 Å². The quantitative estimate of drug-likeness (QED) is 0.611. The van der Waals surface area contributed by atoms with Crippen molar-refractivity contribution < 1.29 is 19.2 Å². The zero-order valence-electron chi connectivity index (χ0n) is 15.4. The van der Waals surface area contributed by atoms with E-state index in [0.29, 0.717) is 32.4 Å². The minimum atomic E-state index is -0.621. The van der Waals surface area contributed by atoms with Crippen LogP contribution in [0.15, 0.2) is 0 Å². The minimum Gasteiger partial charge on any atom is -0.375 e. The van der Waals surface area contributed by atoms with Gasteiger partial charge in [-0.05, 0) is 46.0 Å². The highest BCUT2D eigenvalue weighted by Gasteiger charge is 2.37. The molecular weight excluding hydrogens is 294 g/mol. The molecule has 0 N–H and O–H groups in total. The molecule has 1 rings (SSSR count). The van der Waals surface area contributed by atoms with Gasteiger partial charge in [-0.15, -0.1) is 0 Å². The van der Waals surface area contributed by atoms with E-state index in [-0.39, 0.29) is 17.5 Å². The van der Waals surface area contributed by atoms with Crippen molar-refractivity contribution in [2.45, 2.75) is 85.2 Å². The average Bonchev–Trinajstić information content (AvgIpc) is 2.92.